The molecule has 0 saturated carbocycles. The monoisotopic (exact) mass is 478 g/mol. The van der Waals surface area contributed by atoms with E-state index in [-0.39, 0.29) is 12.3 Å². The molecule has 0 spiro atoms. The van der Waals surface area contributed by atoms with E-state index >= 15 is 0 Å². The van der Waals surface area contributed by atoms with Crippen LogP contribution in [-0.4, -0.2) is 10.9 Å². The minimum Gasteiger partial charge on any atom is -0.461 e. The molecule has 4 nitrogen and oxygen atoms in total. The molecule has 34 heavy (non-hydrogen) atoms. The van der Waals surface area contributed by atoms with Gasteiger partial charge in [-0.25, -0.2) is 4.98 Å². The van der Waals surface area contributed by atoms with Crippen LogP contribution in [0, 0.1) is 0 Å². The fourth-order valence-electron chi connectivity index (χ4n) is 3.79. The lowest BCUT2D eigenvalue weighted by molar-refractivity contribution is -0.137. The highest BCUT2D eigenvalue weighted by atomic mass is 32.1. The molecule has 0 saturated heterocycles. The zero-order chi connectivity index (χ0) is 23.7. The van der Waals surface area contributed by atoms with E-state index in [1.165, 1.54) is 17.4 Å². The predicted molar refractivity (Wildman–Crippen MR) is 126 cm³/mol. The van der Waals surface area contributed by atoms with Crippen molar-refractivity contribution in [3.63, 3.8) is 0 Å². The van der Waals surface area contributed by atoms with Crippen molar-refractivity contribution in [1.82, 2.24) is 4.98 Å². The molecule has 0 aliphatic rings. The molecule has 0 aliphatic heterocycles. The number of fused-ring (bicyclic) bond motifs is 1. The van der Waals surface area contributed by atoms with Gasteiger partial charge in [-0.05, 0) is 47.0 Å². The molecule has 0 bridgehead atoms. The first-order valence-electron chi connectivity index (χ1n) is 10.4. The number of furan rings is 1. The number of hydrogen-bond acceptors (Lipinski definition) is 4. The number of carbonyl (C=O) groups excluding carboxylic acids is 1. The molecule has 1 N–H and O–H groups in total. The van der Waals surface area contributed by atoms with Crippen LogP contribution in [0.5, 0.6) is 0 Å². The second kappa shape index (κ2) is 8.79. The Bertz CT molecular complexity index is 1470. The number of amides is 1. The highest BCUT2D eigenvalue weighted by molar-refractivity contribution is 7.13. The van der Waals surface area contributed by atoms with E-state index in [0.29, 0.717) is 27.6 Å². The average Bonchev–Trinajstić information content (AvgIpc) is 3.48. The number of hydrogen-bond donors (Lipinski definition) is 1. The van der Waals surface area contributed by atoms with E-state index in [1.807, 2.05) is 30.3 Å². The lowest BCUT2D eigenvalue weighted by Crippen LogP contribution is -2.11. The van der Waals surface area contributed by atoms with Gasteiger partial charge in [-0.2, -0.15) is 13.2 Å². The van der Waals surface area contributed by atoms with Gasteiger partial charge in [0.1, 0.15) is 11.3 Å². The van der Waals surface area contributed by atoms with E-state index in [2.05, 4.69) is 10.3 Å². The Morgan fingerprint density at radius 2 is 1.82 bits per heavy atom. The number of halogens is 3. The maximum atomic E-state index is 13.1. The topological polar surface area (TPSA) is 55.1 Å². The van der Waals surface area contributed by atoms with Crippen molar-refractivity contribution in [3.8, 4) is 11.1 Å². The van der Waals surface area contributed by atoms with Crippen molar-refractivity contribution >= 4 is 33.3 Å². The van der Waals surface area contributed by atoms with Gasteiger partial charge in [0.2, 0.25) is 0 Å². The SMILES string of the molecule is O=C(Nc1nccs1)c1cccc(-c2cccc3oc(Cc4cccc(C(F)(F)F)c4)cc23)c1. The summed E-state index contributed by atoms with van der Waals surface area (Å²) in [5, 5.41) is 5.89. The molecule has 170 valence electrons. The number of thiazole rings is 1. The number of nitrogens with one attached hydrogen (secondary N) is 1. The summed E-state index contributed by atoms with van der Waals surface area (Å²) in [6.07, 6.45) is -2.55. The zero-order valence-corrected chi connectivity index (χ0v) is 18.4. The van der Waals surface area contributed by atoms with Gasteiger partial charge in [0, 0.05) is 28.9 Å². The minimum absolute atomic E-state index is 0.230. The third-order valence-corrected chi connectivity index (χ3v) is 6.02. The van der Waals surface area contributed by atoms with E-state index < -0.39 is 11.7 Å². The first-order valence-corrected chi connectivity index (χ1v) is 11.2. The zero-order valence-electron chi connectivity index (χ0n) is 17.6. The number of benzene rings is 3. The van der Waals surface area contributed by atoms with Crippen LogP contribution in [0.2, 0.25) is 0 Å². The molecular formula is C26H17F3N2O2S. The maximum absolute atomic E-state index is 13.1. The predicted octanol–water partition coefficient (Wildman–Crippen LogP) is 7.42. The van der Waals surface area contributed by atoms with Crippen LogP contribution in [0.3, 0.4) is 0 Å². The van der Waals surface area contributed by atoms with E-state index in [9.17, 15) is 18.0 Å². The summed E-state index contributed by atoms with van der Waals surface area (Å²) in [5.74, 6) is 0.292. The van der Waals surface area contributed by atoms with Crippen LogP contribution in [0.15, 0.2) is 88.8 Å². The van der Waals surface area contributed by atoms with E-state index in [1.54, 1.807) is 35.8 Å². The maximum Gasteiger partial charge on any atom is 0.416 e. The fourth-order valence-corrected chi connectivity index (χ4v) is 4.32. The van der Waals surface area contributed by atoms with Crippen LogP contribution in [0.1, 0.15) is 27.2 Å². The third kappa shape index (κ3) is 4.58. The van der Waals surface area contributed by atoms with Gasteiger partial charge in [-0.1, -0.05) is 42.5 Å². The van der Waals surface area contributed by atoms with E-state index in [0.717, 1.165) is 28.6 Å². The highest BCUT2D eigenvalue weighted by Crippen LogP contribution is 2.33. The van der Waals surface area contributed by atoms with Crippen molar-refractivity contribution in [3.05, 3.63) is 107 Å². The van der Waals surface area contributed by atoms with Crippen LogP contribution in [-0.2, 0) is 12.6 Å². The van der Waals surface area contributed by atoms with Gasteiger partial charge in [0.25, 0.3) is 5.91 Å². The van der Waals surface area contributed by atoms with Crippen LogP contribution < -0.4 is 5.32 Å². The largest absolute Gasteiger partial charge is 0.461 e. The molecule has 8 heteroatoms. The van der Waals surface area contributed by atoms with Crippen molar-refractivity contribution in [1.29, 1.82) is 0 Å². The molecule has 2 heterocycles. The van der Waals surface area contributed by atoms with Crippen molar-refractivity contribution in [2.45, 2.75) is 12.6 Å². The summed E-state index contributed by atoms with van der Waals surface area (Å²) in [6.45, 7) is 0. The summed E-state index contributed by atoms with van der Waals surface area (Å²) >= 11 is 1.34. The molecule has 0 unspecified atom stereocenters. The van der Waals surface area contributed by atoms with E-state index in [4.69, 9.17) is 4.42 Å². The summed E-state index contributed by atoms with van der Waals surface area (Å²) in [7, 11) is 0. The summed E-state index contributed by atoms with van der Waals surface area (Å²) in [5.41, 5.74) is 2.62. The number of rotatable bonds is 5. The lowest BCUT2D eigenvalue weighted by atomic mass is 9.99. The second-order valence-electron chi connectivity index (χ2n) is 7.68. The summed E-state index contributed by atoms with van der Waals surface area (Å²) in [6, 6.07) is 19.9. The van der Waals surface area contributed by atoms with Gasteiger partial charge in [-0.3, -0.25) is 10.1 Å². The van der Waals surface area contributed by atoms with Crippen LogP contribution in [0.4, 0.5) is 18.3 Å². The molecule has 5 aromatic rings. The minimum atomic E-state index is -4.39. The lowest BCUT2D eigenvalue weighted by Gasteiger charge is -2.07. The Hall–Kier alpha value is -3.91. The van der Waals surface area contributed by atoms with Gasteiger partial charge in [-0.15, -0.1) is 11.3 Å². The molecular weight excluding hydrogens is 461 g/mol. The Labute approximate surface area is 196 Å². The molecule has 3 aromatic carbocycles. The van der Waals surface area contributed by atoms with Crippen molar-refractivity contribution in [2.75, 3.05) is 5.32 Å². The number of anilines is 1. The number of carbonyl (C=O) groups is 1. The standard InChI is InChI=1S/C26H17F3N2O2S/c27-26(28,29)19-7-1-4-16(12-19)13-20-15-22-21(8-3-9-23(22)33-20)17-5-2-6-18(14-17)24(32)31-25-30-10-11-34-25/h1-12,14-15H,13H2,(H,30,31,32). The molecule has 0 radical (unpaired) electrons. The highest BCUT2D eigenvalue weighted by Gasteiger charge is 2.30. The number of alkyl halides is 3. The summed E-state index contributed by atoms with van der Waals surface area (Å²) < 4.78 is 45.1. The Morgan fingerprint density at radius 1 is 1.00 bits per heavy atom. The van der Waals surface area contributed by atoms with Gasteiger partial charge in [0.05, 0.1) is 5.56 Å². The van der Waals surface area contributed by atoms with Crippen LogP contribution in [0.25, 0.3) is 22.1 Å². The smallest absolute Gasteiger partial charge is 0.416 e. The number of nitrogens with zero attached hydrogens (tertiary/aromatic N) is 1. The van der Waals surface area contributed by atoms with Gasteiger partial charge in [0.15, 0.2) is 5.13 Å². The van der Waals surface area contributed by atoms with Crippen molar-refractivity contribution in [2.24, 2.45) is 0 Å². The van der Waals surface area contributed by atoms with Crippen molar-refractivity contribution < 1.29 is 22.4 Å². The second-order valence-corrected chi connectivity index (χ2v) is 8.57. The average molecular weight is 478 g/mol. The molecule has 0 atom stereocenters. The fraction of sp³-hybridized carbons (Fsp3) is 0.0769. The van der Waals surface area contributed by atoms with Gasteiger partial charge < -0.3 is 4.42 Å². The first-order chi connectivity index (χ1) is 16.4. The molecule has 2 aromatic heterocycles. The molecule has 5 rings (SSSR count). The number of aromatic nitrogens is 1. The van der Waals surface area contributed by atoms with Gasteiger partial charge >= 0.3 is 6.18 Å². The third-order valence-electron chi connectivity index (χ3n) is 5.33. The molecule has 0 fully saturated rings. The normalized spacial score (nSPS) is 11.6. The summed E-state index contributed by atoms with van der Waals surface area (Å²) in [4.78, 5) is 16.7. The Morgan fingerprint density at radius 3 is 2.62 bits per heavy atom. The van der Waals surface area contributed by atoms with Crippen LogP contribution >= 0.6 is 11.3 Å². The Kier molecular flexibility index (Phi) is 5.67. The first kappa shape index (κ1) is 21.9. The quantitative estimate of drug-likeness (QED) is 0.286. The molecule has 0 aliphatic carbocycles. The Balaban J connectivity index is 1.45. The molecule has 1 amide bonds.